The van der Waals surface area contributed by atoms with Gasteiger partial charge in [-0.3, -0.25) is 19.2 Å². The molecular formula is C47H59NO13. The van der Waals surface area contributed by atoms with Crippen molar-refractivity contribution in [2.24, 2.45) is 0 Å². The second-order valence-corrected chi connectivity index (χ2v) is 15.7. The van der Waals surface area contributed by atoms with E-state index in [2.05, 4.69) is 48.9 Å². The van der Waals surface area contributed by atoms with Crippen LogP contribution in [0.15, 0.2) is 66.8 Å². The van der Waals surface area contributed by atoms with Crippen LogP contribution in [0.3, 0.4) is 0 Å². The summed E-state index contributed by atoms with van der Waals surface area (Å²) in [4.78, 5) is 58.6. The number of hydrogen-bond acceptors (Lipinski definition) is 14. The third kappa shape index (κ3) is 11.3. The summed E-state index contributed by atoms with van der Waals surface area (Å²) in [6.45, 7) is 2.70. The largest absolute Gasteiger partial charge is 0.507 e. The van der Waals surface area contributed by atoms with Crippen molar-refractivity contribution in [3.8, 4) is 17.2 Å². The lowest BCUT2D eigenvalue weighted by molar-refractivity contribution is -0.256. The van der Waals surface area contributed by atoms with Crippen LogP contribution in [-0.2, 0) is 30.3 Å². The van der Waals surface area contributed by atoms with Gasteiger partial charge in [-0.2, -0.15) is 0 Å². The molecule has 14 heteroatoms. The fourth-order valence-electron chi connectivity index (χ4n) is 7.95. The maximum Gasteiger partial charge on any atom is 0.324 e. The molecule has 0 bridgehead atoms. The number of aromatic hydroxyl groups is 2. The Morgan fingerprint density at radius 2 is 1.54 bits per heavy atom. The van der Waals surface area contributed by atoms with Gasteiger partial charge in [-0.05, 0) is 57.9 Å². The molecule has 1 fully saturated rings. The highest BCUT2D eigenvalue weighted by Gasteiger charge is 2.50. The number of allylic oxidation sites excluding steroid dienone is 8. The monoisotopic (exact) mass is 845 g/mol. The predicted molar refractivity (Wildman–Crippen MR) is 225 cm³/mol. The van der Waals surface area contributed by atoms with Gasteiger partial charge in [0.05, 0.1) is 48.2 Å². The quantitative estimate of drug-likeness (QED) is 0.0303. The van der Waals surface area contributed by atoms with Crippen molar-refractivity contribution in [1.82, 2.24) is 5.48 Å². The smallest absolute Gasteiger partial charge is 0.324 e. The van der Waals surface area contributed by atoms with E-state index >= 15 is 0 Å². The number of fused-ring (bicyclic) bond motifs is 3. The van der Waals surface area contributed by atoms with Gasteiger partial charge in [-0.15, -0.1) is 5.48 Å². The second kappa shape index (κ2) is 22.2. The highest BCUT2D eigenvalue weighted by atomic mass is 16.7. The van der Waals surface area contributed by atoms with E-state index in [1.807, 2.05) is 12.2 Å². The molecule has 6 atom stereocenters. The summed E-state index contributed by atoms with van der Waals surface area (Å²) >= 11 is 0. The molecule has 1 aliphatic heterocycles. The van der Waals surface area contributed by atoms with E-state index in [1.165, 1.54) is 44.6 Å². The zero-order chi connectivity index (χ0) is 44.1. The van der Waals surface area contributed by atoms with Gasteiger partial charge < -0.3 is 44.6 Å². The van der Waals surface area contributed by atoms with E-state index in [4.69, 9.17) is 19.0 Å². The SMILES string of the molecule is CCCCCC=CCC=CCC=CCC=CCCCC(=O)ONC1CC(O[C@H]2C[C@](O)(C(=O)CO)Cc3c(O)c4c(c(O)c32)C(=O)c2c(OC)cccc2C4=O)OC(C)C1O. The molecule has 1 saturated heterocycles. The lowest BCUT2D eigenvalue weighted by atomic mass is 9.72. The normalized spacial score (nSPS) is 23.8. The lowest BCUT2D eigenvalue weighted by Gasteiger charge is -2.42. The summed E-state index contributed by atoms with van der Waals surface area (Å²) < 4.78 is 17.5. The maximum absolute atomic E-state index is 13.9. The maximum atomic E-state index is 13.9. The van der Waals surface area contributed by atoms with Crippen molar-refractivity contribution in [2.45, 2.75) is 134 Å². The molecule has 14 nitrogen and oxygen atoms in total. The van der Waals surface area contributed by atoms with Gasteiger partial charge >= 0.3 is 5.97 Å². The average molecular weight is 846 g/mol. The van der Waals surface area contributed by atoms with Gasteiger partial charge in [-0.1, -0.05) is 80.5 Å². The molecule has 2 aliphatic carbocycles. The number of benzene rings is 2. The lowest BCUT2D eigenvalue weighted by Crippen LogP contribution is -2.55. The third-order valence-corrected chi connectivity index (χ3v) is 11.3. The first kappa shape index (κ1) is 47.1. The van der Waals surface area contributed by atoms with Crippen LogP contribution < -0.4 is 10.2 Å². The van der Waals surface area contributed by atoms with E-state index in [-0.39, 0.29) is 40.8 Å². The van der Waals surface area contributed by atoms with E-state index in [0.717, 1.165) is 25.7 Å². The zero-order valence-electron chi connectivity index (χ0n) is 35.1. The molecule has 0 radical (unpaired) electrons. The van der Waals surface area contributed by atoms with Gasteiger partial charge in [0, 0.05) is 42.4 Å². The Morgan fingerprint density at radius 1 is 0.902 bits per heavy atom. The van der Waals surface area contributed by atoms with Crippen LogP contribution in [0.1, 0.15) is 140 Å². The Kier molecular flexibility index (Phi) is 17.2. The third-order valence-electron chi connectivity index (χ3n) is 11.3. The van der Waals surface area contributed by atoms with Crippen molar-refractivity contribution in [2.75, 3.05) is 13.7 Å². The number of unbranched alkanes of at least 4 members (excludes halogenated alkanes) is 4. The number of ketones is 3. The molecule has 0 saturated carbocycles. The van der Waals surface area contributed by atoms with Crippen molar-refractivity contribution in [3.63, 3.8) is 0 Å². The van der Waals surface area contributed by atoms with Gasteiger partial charge in [0.25, 0.3) is 0 Å². The number of hydrogen-bond donors (Lipinski definition) is 6. The number of carbonyl (C=O) groups is 4. The van der Waals surface area contributed by atoms with Gasteiger partial charge in [-0.25, -0.2) is 0 Å². The summed E-state index contributed by atoms with van der Waals surface area (Å²) in [5.74, 6) is -4.53. The van der Waals surface area contributed by atoms with Crippen LogP contribution >= 0.6 is 0 Å². The van der Waals surface area contributed by atoms with Gasteiger partial charge in [0.1, 0.15) is 29.5 Å². The molecule has 2 aromatic carbocycles. The number of rotatable bonds is 21. The Balaban J connectivity index is 1.18. The fraction of sp³-hybridized carbons (Fsp3) is 0.489. The molecule has 2 aromatic rings. The van der Waals surface area contributed by atoms with Gasteiger partial charge in [0.15, 0.2) is 17.9 Å². The number of hydroxylamine groups is 1. The van der Waals surface area contributed by atoms with Crippen molar-refractivity contribution in [3.05, 3.63) is 100 Å². The number of aliphatic hydroxyl groups is 3. The first-order chi connectivity index (χ1) is 29.4. The first-order valence-electron chi connectivity index (χ1n) is 21.1. The van der Waals surface area contributed by atoms with Gasteiger partial charge in [0.2, 0.25) is 5.78 Å². The minimum atomic E-state index is -2.32. The standard InChI is InChI=1S/C47H59NO13/c1-4-5-6-7-8-9-10-11-12-13-14-15-16-17-18-19-20-24-36(51)61-48-32-25-37(59-29(2)42(32)52)60-34-27-47(57,35(50)28-49)26-31-39(34)46(56)41-40(44(31)54)43(53)30-22-21-23-33(58-3)38(30)45(41)55/h8-9,11-12,14-15,17-18,21-23,29,32,34,37,42,48-49,52,54,56-57H,4-7,10,13,16,19-20,24-28H2,1-3H3/t29?,32?,34-,37?,42?,47-/m0/s1. The number of carbonyl (C=O) groups excluding carboxylic acids is 4. The summed E-state index contributed by atoms with van der Waals surface area (Å²) in [5, 5.41) is 55.6. The molecule has 330 valence electrons. The van der Waals surface area contributed by atoms with Crippen LogP contribution in [0.5, 0.6) is 17.2 Å². The molecule has 4 unspecified atom stereocenters. The Hall–Kier alpha value is -4.96. The summed E-state index contributed by atoms with van der Waals surface area (Å²) in [6, 6.07) is 3.44. The molecular weight excluding hydrogens is 787 g/mol. The minimum Gasteiger partial charge on any atom is -0.507 e. The summed E-state index contributed by atoms with van der Waals surface area (Å²) in [6.07, 6.45) is 19.9. The van der Waals surface area contributed by atoms with Crippen LogP contribution in [-0.4, -0.2) is 92.7 Å². The topological polar surface area (TPSA) is 218 Å². The minimum absolute atomic E-state index is 0.0720. The molecule has 61 heavy (non-hydrogen) atoms. The number of aliphatic hydroxyl groups excluding tert-OH is 2. The van der Waals surface area contributed by atoms with Crippen LogP contribution in [0, 0.1) is 0 Å². The zero-order valence-corrected chi connectivity index (χ0v) is 35.1. The molecule has 3 aliphatic rings. The summed E-state index contributed by atoms with van der Waals surface area (Å²) in [5.41, 5.74) is -1.33. The highest BCUT2D eigenvalue weighted by molar-refractivity contribution is 6.31. The molecule has 1 heterocycles. The molecule has 0 spiro atoms. The number of ether oxygens (including phenoxy) is 3. The molecule has 5 rings (SSSR count). The van der Waals surface area contributed by atoms with Crippen LogP contribution in [0.25, 0.3) is 0 Å². The Bertz CT molecular complexity index is 2020. The number of methoxy groups -OCH3 is 1. The number of phenols is 2. The molecule has 0 amide bonds. The Morgan fingerprint density at radius 3 is 2.18 bits per heavy atom. The number of phenolic OH excluding ortho intramolecular Hbond substituents is 2. The number of nitrogens with one attached hydrogen (secondary N) is 1. The van der Waals surface area contributed by atoms with Crippen LogP contribution in [0.4, 0.5) is 0 Å². The van der Waals surface area contributed by atoms with Crippen molar-refractivity contribution >= 4 is 23.3 Å². The first-order valence-corrected chi connectivity index (χ1v) is 21.1. The van der Waals surface area contributed by atoms with Crippen molar-refractivity contribution in [1.29, 1.82) is 0 Å². The summed E-state index contributed by atoms with van der Waals surface area (Å²) in [7, 11) is 1.32. The number of Topliss-reactive ketones (excluding diaryl/α,β-unsaturated/α-hetero) is 1. The molecule has 6 N–H and O–H groups in total. The van der Waals surface area contributed by atoms with E-state index in [9.17, 15) is 44.7 Å². The second-order valence-electron chi connectivity index (χ2n) is 15.7. The van der Waals surface area contributed by atoms with Crippen LogP contribution in [0.2, 0.25) is 0 Å². The van der Waals surface area contributed by atoms with E-state index < -0.39 is 102 Å². The average Bonchev–Trinajstić information content (AvgIpc) is 3.24. The van der Waals surface area contributed by atoms with Crippen molar-refractivity contribution < 1.29 is 63.8 Å². The molecule has 0 aromatic heterocycles. The fourth-order valence-corrected chi connectivity index (χ4v) is 7.95. The van der Waals surface area contributed by atoms with E-state index in [0.29, 0.717) is 12.8 Å². The predicted octanol–water partition coefficient (Wildman–Crippen LogP) is 6.24. The highest BCUT2D eigenvalue weighted by Crippen LogP contribution is 2.52. The van der Waals surface area contributed by atoms with E-state index in [1.54, 1.807) is 6.92 Å². The Labute approximate surface area is 356 Å².